The summed E-state index contributed by atoms with van der Waals surface area (Å²) in [6.45, 7) is 5.07. The molecule has 2 fully saturated rings. The zero-order chi connectivity index (χ0) is 36.6. The number of carbonyl (C=O) groups excluding carboxylic acids is 3. The van der Waals surface area contributed by atoms with Gasteiger partial charge in [0, 0.05) is 30.7 Å². The number of carbonyl (C=O) groups is 3. The standard InChI is InChI=1S/C42H40N6O4S/c1-29(44-40(50)37(30-10-4-2-5-11-30)31-12-6-3-7-13-31)39(49)45-33-17-15-32(16-18-33)38-41(51)48(28-35-14-8-9-23-43-35)42(53-38)46-34-19-21-36(22-20-34)47-24-26-52-27-25-47/h2-23,29,37-38H,24-28H2,1H3,(H,44,50)(H,45,49)/b46-42-/t29-,38?/m0/s1. The smallest absolute Gasteiger partial charge is 0.247 e. The monoisotopic (exact) mass is 724 g/mol. The Hall–Kier alpha value is -5.78. The summed E-state index contributed by atoms with van der Waals surface area (Å²) in [5.74, 6) is -1.27. The van der Waals surface area contributed by atoms with Crippen molar-refractivity contribution in [2.75, 3.05) is 36.5 Å². The molecule has 3 heterocycles. The number of morpholine rings is 1. The number of rotatable bonds is 11. The quantitative estimate of drug-likeness (QED) is 0.156. The molecule has 2 aliphatic rings. The van der Waals surface area contributed by atoms with Gasteiger partial charge in [-0.15, -0.1) is 0 Å². The number of thioether (sulfide) groups is 1. The van der Waals surface area contributed by atoms with Crippen molar-refractivity contribution in [1.82, 2.24) is 15.2 Å². The highest BCUT2D eigenvalue weighted by atomic mass is 32.2. The number of amides is 3. The molecule has 0 saturated carbocycles. The van der Waals surface area contributed by atoms with Crippen LogP contribution in [0.5, 0.6) is 0 Å². The Kier molecular flexibility index (Phi) is 11.2. The molecule has 11 heteroatoms. The lowest BCUT2D eigenvalue weighted by atomic mass is 9.90. The summed E-state index contributed by atoms with van der Waals surface area (Å²) in [6, 6.07) is 39.2. The maximum atomic E-state index is 14.0. The average Bonchev–Trinajstić information content (AvgIpc) is 3.50. The number of amidine groups is 1. The van der Waals surface area contributed by atoms with Gasteiger partial charge in [0.2, 0.25) is 17.7 Å². The number of nitrogens with zero attached hydrogens (tertiary/aromatic N) is 4. The molecule has 7 rings (SSSR count). The number of pyridine rings is 1. The molecule has 2 saturated heterocycles. The molecule has 0 spiro atoms. The highest BCUT2D eigenvalue weighted by Crippen LogP contribution is 2.41. The third-order valence-corrected chi connectivity index (χ3v) is 10.4. The second kappa shape index (κ2) is 16.7. The molecule has 3 amide bonds. The lowest BCUT2D eigenvalue weighted by molar-refractivity contribution is -0.126. The van der Waals surface area contributed by atoms with Crippen LogP contribution in [0.2, 0.25) is 0 Å². The average molecular weight is 725 g/mol. The van der Waals surface area contributed by atoms with Gasteiger partial charge in [-0.05, 0) is 72.1 Å². The number of nitrogens with one attached hydrogen (secondary N) is 2. The van der Waals surface area contributed by atoms with Crippen LogP contribution in [0.25, 0.3) is 0 Å². The van der Waals surface area contributed by atoms with Crippen molar-refractivity contribution in [3.05, 3.63) is 156 Å². The zero-order valence-corrected chi connectivity index (χ0v) is 30.1. The van der Waals surface area contributed by atoms with E-state index in [9.17, 15) is 14.4 Å². The first-order chi connectivity index (χ1) is 25.9. The Morgan fingerprint density at radius 3 is 2.09 bits per heavy atom. The van der Waals surface area contributed by atoms with Crippen LogP contribution >= 0.6 is 11.8 Å². The van der Waals surface area contributed by atoms with Crippen molar-refractivity contribution in [2.24, 2.45) is 4.99 Å². The summed E-state index contributed by atoms with van der Waals surface area (Å²) in [5.41, 5.74) is 5.64. The van der Waals surface area contributed by atoms with Gasteiger partial charge in [-0.2, -0.15) is 0 Å². The molecule has 0 aliphatic carbocycles. The van der Waals surface area contributed by atoms with Crippen LogP contribution in [-0.4, -0.2) is 65.1 Å². The van der Waals surface area contributed by atoms with E-state index in [1.54, 1.807) is 30.2 Å². The van der Waals surface area contributed by atoms with Crippen molar-refractivity contribution >= 4 is 51.7 Å². The maximum absolute atomic E-state index is 14.0. The molecule has 10 nitrogen and oxygen atoms in total. The molecule has 53 heavy (non-hydrogen) atoms. The van der Waals surface area contributed by atoms with E-state index in [4.69, 9.17) is 9.73 Å². The predicted octanol–water partition coefficient (Wildman–Crippen LogP) is 6.70. The molecule has 0 radical (unpaired) electrons. The van der Waals surface area contributed by atoms with E-state index in [-0.39, 0.29) is 17.7 Å². The van der Waals surface area contributed by atoms with Crippen LogP contribution in [0.1, 0.15) is 40.5 Å². The van der Waals surface area contributed by atoms with E-state index in [0.717, 1.165) is 46.8 Å². The number of ether oxygens (including phenoxy) is 1. The van der Waals surface area contributed by atoms with Gasteiger partial charge in [0.25, 0.3) is 0 Å². The van der Waals surface area contributed by atoms with Gasteiger partial charge < -0.3 is 20.3 Å². The van der Waals surface area contributed by atoms with Gasteiger partial charge in [-0.25, -0.2) is 4.99 Å². The fraction of sp³-hybridized carbons (Fsp3) is 0.214. The van der Waals surface area contributed by atoms with E-state index in [1.807, 2.05) is 103 Å². The lowest BCUT2D eigenvalue weighted by Crippen LogP contribution is -2.43. The Balaban J connectivity index is 1.03. The first kappa shape index (κ1) is 35.6. The minimum Gasteiger partial charge on any atom is -0.378 e. The van der Waals surface area contributed by atoms with Gasteiger partial charge in [-0.3, -0.25) is 24.3 Å². The SMILES string of the molecule is C[C@H](NC(=O)C(c1ccccc1)c1ccccc1)C(=O)Nc1ccc(C2S/C(=N\c3ccc(N4CCOCC4)cc3)N(Cc3ccccn3)C2=O)cc1. The lowest BCUT2D eigenvalue weighted by Gasteiger charge is -2.28. The molecule has 268 valence electrons. The number of benzene rings is 4. The molecule has 2 N–H and O–H groups in total. The maximum Gasteiger partial charge on any atom is 0.247 e. The van der Waals surface area contributed by atoms with E-state index >= 15 is 0 Å². The van der Waals surface area contributed by atoms with Crippen molar-refractivity contribution in [3.63, 3.8) is 0 Å². The first-order valence-corrected chi connectivity index (χ1v) is 18.5. The molecular weight excluding hydrogens is 685 g/mol. The summed E-state index contributed by atoms with van der Waals surface area (Å²) in [6.07, 6.45) is 1.71. The molecule has 2 atom stereocenters. The Morgan fingerprint density at radius 2 is 1.47 bits per heavy atom. The third-order valence-electron chi connectivity index (χ3n) is 9.20. The van der Waals surface area contributed by atoms with Crippen molar-refractivity contribution in [3.8, 4) is 0 Å². The van der Waals surface area contributed by atoms with Gasteiger partial charge in [0.05, 0.1) is 37.1 Å². The van der Waals surface area contributed by atoms with Gasteiger partial charge in [0.1, 0.15) is 11.3 Å². The number of aromatic nitrogens is 1. The van der Waals surface area contributed by atoms with Crippen LogP contribution in [0.3, 0.4) is 0 Å². The Bertz CT molecular complexity index is 2000. The number of hydrogen-bond acceptors (Lipinski definition) is 8. The minimum atomic E-state index is -0.800. The highest BCUT2D eigenvalue weighted by molar-refractivity contribution is 8.15. The largest absolute Gasteiger partial charge is 0.378 e. The molecule has 5 aromatic rings. The molecule has 1 aromatic heterocycles. The molecule has 0 bridgehead atoms. The minimum absolute atomic E-state index is 0.0937. The topological polar surface area (TPSA) is 116 Å². The number of hydrogen-bond donors (Lipinski definition) is 2. The second-order valence-corrected chi connectivity index (χ2v) is 13.9. The Morgan fingerprint density at radius 1 is 0.830 bits per heavy atom. The van der Waals surface area contributed by atoms with E-state index in [0.29, 0.717) is 30.6 Å². The summed E-state index contributed by atoms with van der Waals surface area (Å²) >= 11 is 1.39. The molecule has 1 unspecified atom stereocenters. The van der Waals surface area contributed by atoms with Crippen LogP contribution < -0.4 is 15.5 Å². The fourth-order valence-electron chi connectivity index (χ4n) is 6.36. The summed E-state index contributed by atoms with van der Waals surface area (Å²) < 4.78 is 5.49. The molecule has 2 aliphatic heterocycles. The van der Waals surface area contributed by atoms with E-state index in [2.05, 4.69) is 32.7 Å². The normalized spacial score (nSPS) is 17.2. The van der Waals surface area contributed by atoms with Gasteiger partial charge in [-0.1, -0.05) is 90.6 Å². The molecule has 4 aromatic carbocycles. The van der Waals surface area contributed by atoms with Crippen molar-refractivity contribution in [2.45, 2.75) is 30.7 Å². The van der Waals surface area contributed by atoms with E-state index in [1.165, 1.54) is 11.8 Å². The number of anilines is 2. The second-order valence-electron chi connectivity index (χ2n) is 12.8. The summed E-state index contributed by atoms with van der Waals surface area (Å²) in [7, 11) is 0. The molecular formula is C42H40N6O4S. The first-order valence-electron chi connectivity index (χ1n) is 17.6. The van der Waals surface area contributed by atoms with Crippen molar-refractivity contribution in [1.29, 1.82) is 0 Å². The van der Waals surface area contributed by atoms with Crippen LogP contribution in [-0.2, 0) is 25.7 Å². The van der Waals surface area contributed by atoms with Crippen molar-refractivity contribution < 1.29 is 19.1 Å². The van der Waals surface area contributed by atoms with E-state index < -0.39 is 17.2 Å². The predicted molar refractivity (Wildman–Crippen MR) is 209 cm³/mol. The van der Waals surface area contributed by atoms with Crippen LogP contribution in [0.15, 0.2) is 139 Å². The van der Waals surface area contributed by atoms with Crippen LogP contribution in [0.4, 0.5) is 17.1 Å². The van der Waals surface area contributed by atoms with Gasteiger partial charge >= 0.3 is 0 Å². The summed E-state index contributed by atoms with van der Waals surface area (Å²) in [5, 5.41) is 5.87. The van der Waals surface area contributed by atoms with Gasteiger partial charge in [0.15, 0.2) is 5.17 Å². The zero-order valence-electron chi connectivity index (χ0n) is 29.3. The summed E-state index contributed by atoms with van der Waals surface area (Å²) in [4.78, 5) is 54.1. The fourth-order valence-corrected chi connectivity index (χ4v) is 7.53. The number of aliphatic imine (C=N–C) groups is 1. The highest BCUT2D eigenvalue weighted by Gasteiger charge is 2.39. The third kappa shape index (κ3) is 8.65. The van der Waals surface area contributed by atoms with Crippen LogP contribution in [0, 0.1) is 0 Å². The Labute approximate surface area is 313 Å².